The van der Waals surface area contributed by atoms with Crippen molar-refractivity contribution in [2.24, 2.45) is 0 Å². The van der Waals surface area contributed by atoms with Crippen LogP contribution in [0.4, 0.5) is 0 Å². The molecule has 0 unspecified atom stereocenters. The number of aromatic nitrogens is 3. The Hall–Kier alpha value is -1.86. The maximum absolute atomic E-state index is 11.4. The Kier molecular flexibility index (Phi) is 3.40. The third kappa shape index (κ3) is 2.83. The zero-order valence-electron chi connectivity index (χ0n) is 8.64. The van der Waals surface area contributed by atoms with E-state index in [1.165, 1.54) is 0 Å². The van der Waals surface area contributed by atoms with Crippen LogP contribution in [0.5, 0.6) is 0 Å². The van der Waals surface area contributed by atoms with E-state index >= 15 is 0 Å². The molecule has 0 saturated carbocycles. The van der Waals surface area contributed by atoms with Crippen molar-refractivity contribution in [1.82, 2.24) is 15.2 Å². The fourth-order valence-electron chi connectivity index (χ4n) is 1.18. The van der Waals surface area contributed by atoms with Crippen molar-refractivity contribution >= 4 is 11.8 Å². The molecular weight excluding hydrogens is 242 g/mol. The highest BCUT2D eigenvalue weighted by atomic mass is 32.2. The maximum atomic E-state index is 11.4. The van der Waals surface area contributed by atoms with Crippen LogP contribution in [0.25, 0.3) is 0 Å². The Morgan fingerprint density at radius 2 is 1.94 bits per heavy atom. The van der Waals surface area contributed by atoms with E-state index < -0.39 is 11.2 Å². The van der Waals surface area contributed by atoms with E-state index in [1.807, 2.05) is 0 Å². The molecule has 0 radical (unpaired) electrons. The molecule has 2 aromatic rings. The molecule has 0 fully saturated rings. The Balaban J connectivity index is 2.25. The Bertz CT molecular complexity index is 618. The largest absolute Gasteiger partial charge is 0.392 e. The summed E-state index contributed by atoms with van der Waals surface area (Å²) >= 11 is 1.14. The molecule has 2 rings (SSSR count). The molecule has 1 heterocycles. The van der Waals surface area contributed by atoms with Gasteiger partial charge in [0, 0.05) is 4.90 Å². The molecule has 0 aliphatic heterocycles. The molecule has 6 nitrogen and oxygen atoms in total. The first-order chi connectivity index (χ1) is 8.19. The highest BCUT2D eigenvalue weighted by Crippen LogP contribution is 2.22. The molecule has 0 atom stereocenters. The van der Waals surface area contributed by atoms with Crippen LogP contribution in [-0.4, -0.2) is 20.3 Å². The van der Waals surface area contributed by atoms with Gasteiger partial charge in [0.2, 0.25) is 0 Å². The Morgan fingerprint density at radius 3 is 2.53 bits per heavy atom. The number of H-pyrrole nitrogens is 2. The van der Waals surface area contributed by atoms with E-state index in [1.54, 1.807) is 24.3 Å². The predicted molar refractivity (Wildman–Crippen MR) is 62.0 cm³/mol. The lowest BCUT2D eigenvalue weighted by Crippen LogP contribution is -2.24. The average molecular weight is 251 g/mol. The van der Waals surface area contributed by atoms with Crippen molar-refractivity contribution in [3.05, 3.63) is 50.7 Å². The molecule has 1 aromatic heterocycles. The van der Waals surface area contributed by atoms with E-state index in [0.717, 1.165) is 22.2 Å². The minimum Gasteiger partial charge on any atom is -0.392 e. The summed E-state index contributed by atoms with van der Waals surface area (Å²) in [7, 11) is 0. The lowest BCUT2D eigenvalue weighted by Gasteiger charge is -2.00. The summed E-state index contributed by atoms with van der Waals surface area (Å²) in [6.45, 7) is -0.0254. The molecule has 0 bridgehead atoms. The van der Waals surface area contributed by atoms with Crippen molar-refractivity contribution in [2.45, 2.75) is 16.5 Å². The summed E-state index contributed by atoms with van der Waals surface area (Å²) in [6.07, 6.45) is 0. The van der Waals surface area contributed by atoms with Gasteiger partial charge in [-0.05, 0) is 17.7 Å². The number of rotatable bonds is 3. The summed E-state index contributed by atoms with van der Waals surface area (Å²) in [5.41, 5.74) is -0.363. The van der Waals surface area contributed by atoms with Crippen molar-refractivity contribution in [3.63, 3.8) is 0 Å². The number of nitrogens with zero attached hydrogens (tertiary/aromatic N) is 1. The van der Waals surface area contributed by atoms with E-state index in [-0.39, 0.29) is 11.6 Å². The van der Waals surface area contributed by atoms with Crippen molar-refractivity contribution in [1.29, 1.82) is 0 Å². The Labute approximate surface area is 99.7 Å². The molecule has 0 saturated heterocycles. The highest BCUT2D eigenvalue weighted by molar-refractivity contribution is 7.99. The first-order valence-electron chi connectivity index (χ1n) is 4.75. The lowest BCUT2D eigenvalue weighted by atomic mass is 10.2. The van der Waals surface area contributed by atoms with Crippen LogP contribution in [0.3, 0.4) is 0 Å². The number of hydrogen-bond donors (Lipinski definition) is 3. The normalized spacial score (nSPS) is 10.4. The van der Waals surface area contributed by atoms with Crippen LogP contribution in [-0.2, 0) is 6.61 Å². The van der Waals surface area contributed by atoms with Crippen molar-refractivity contribution in [3.8, 4) is 0 Å². The van der Waals surface area contributed by atoms with Crippen molar-refractivity contribution < 1.29 is 5.11 Å². The first kappa shape index (κ1) is 11.6. The summed E-state index contributed by atoms with van der Waals surface area (Å²) in [5, 5.41) is 14.9. The van der Waals surface area contributed by atoms with E-state index in [4.69, 9.17) is 5.11 Å². The summed E-state index contributed by atoms with van der Waals surface area (Å²) in [5.74, 6) is 0. The highest BCUT2D eigenvalue weighted by Gasteiger charge is 2.04. The quantitative estimate of drug-likeness (QED) is 0.718. The van der Waals surface area contributed by atoms with Gasteiger partial charge in [-0.15, -0.1) is 0 Å². The molecule has 17 heavy (non-hydrogen) atoms. The molecule has 7 heteroatoms. The second-order valence-corrected chi connectivity index (χ2v) is 4.28. The van der Waals surface area contributed by atoms with Gasteiger partial charge >= 0.3 is 5.69 Å². The van der Waals surface area contributed by atoms with Crippen LogP contribution < -0.4 is 11.2 Å². The zero-order valence-corrected chi connectivity index (χ0v) is 9.45. The van der Waals surface area contributed by atoms with Crippen LogP contribution in [0, 0.1) is 0 Å². The standard InChI is InChI=1S/C10H9N3O3S/c14-5-6-1-3-7(4-2-6)17-9-8(15)11-10(16)13-12-9/h1-4,14H,5H2,(H2,11,13,15,16). The van der Waals surface area contributed by atoms with Gasteiger partial charge in [0.15, 0.2) is 5.03 Å². The smallest absolute Gasteiger partial charge is 0.342 e. The van der Waals surface area contributed by atoms with Crippen molar-refractivity contribution in [2.75, 3.05) is 0 Å². The van der Waals surface area contributed by atoms with E-state index in [9.17, 15) is 9.59 Å². The van der Waals surface area contributed by atoms with E-state index in [0.29, 0.717) is 0 Å². The summed E-state index contributed by atoms with van der Waals surface area (Å²) in [4.78, 5) is 25.0. The molecule has 0 spiro atoms. The van der Waals surface area contributed by atoms with Crippen LogP contribution >= 0.6 is 11.8 Å². The lowest BCUT2D eigenvalue weighted by molar-refractivity contribution is 0.282. The second kappa shape index (κ2) is 4.98. The van der Waals surface area contributed by atoms with Gasteiger partial charge in [-0.1, -0.05) is 23.9 Å². The molecule has 0 aliphatic carbocycles. The molecule has 0 amide bonds. The monoisotopic (exact) mass is 251 g/mol. The average Bonchev–Trinajstić information content (AvgIpc) is 2.34. The van der Waals surface area contributed by atoms with Gasteiger partial charge in [0.05, 0.1) is 6.61 Å². The number of benzene rings is 1. The van der Waals surface area contributed by atoms with Gasteiger partial charge in [-0.25, -0.2) is 9.89 Å². The summed E-state index contributed by atoms with van der Waals surface area (Å²) < 4.78 is 0. The molecule has 88 valence electrons. The molecule has 3 N–H and O–H groups in total. The fraction of sp³-hybridized carbons (Fsp3) is 0.100. The van der Waals surface area contributed by atoms with Gasteiger partial charge < -0.3 is 5.11 Å². The first-order valence-corrected chi connectivity index (χ1v) is 5.57. The Morgan fingerprint density at radius 1 is 1.24 bits per heavy atom. The number of hydrogen-bond acceptors (Lipinski definition) is 5. The third-order valence-corrected chi connectivity index (χ3v) is 2.98. The SMILES string of the molecule is O=c1[nH]nc(Sc2ccc(CO)cc2)c(=O)[nH]1. The van der Waals surface area contributed by atoms with E-state index in [2.05, 4.69) is 15.2 Å². The van der Waals surface area contributed by atoms with Crippen LogP contribution in [0.15, 0.2) is 43.8 Å². The van der Waals surface area contributed by atoms with Crippen LogP contribution in [0.2, 0.25) is 0 Å². The minimum absolute atomic E-state index is 0.0254. The second-order valence-electron chi connectivity index (χ2n) is 3.22. The van der Waals surface area contributed by atoms with Gasteiger partial charge in [-0.3, -0.25) is 9.78 Å². The zero-order chi connectivity index (χ0) is 12.3. The maximum Gasteiger partial charge on any atom is 0.342 e. The number of aliphatic hydroxyl groups is 1. The van der Waals surface area contributed by atoms with Crippen LogP contribution in [0.1, 0.15) is 5.56 Å². The number of aromatic amines is 2. The minimum atomic E-state index is -0.630. The third-order valence-electron chi connectivity index (χ3n) is 2.00. The van der Waals surface area contributed by atoms with Gasteiger partial charge in [-0.2, -0.15) is 5.10 Å². The van der Waals surface area contributed by atoms with Gasteiger partial charge in [0.1, 0.15) is 0 Å². The molecule has 0 aliphatic rings. The number of nitrogens with one attached hydrogen (secondary N) is 2. The molecule has 1 aromatic carbocycles. The number of aliphatic hydroxyl groups excluding tert-OH is 1. The predicted octanol–water partition coefficient (Wildman–Crippen LogP) is 0.102. The summed E-state index contributed by atoms with van der Waals surface area (Å²) in [6, 6.07) is 7.04. The molecular formula is C10H9N3O3S. The fourth-order valence-corrected chi connectivity index (χ4v) is 1.91. The topological polar surface area (TPSA) is 98.8 Å². The van der Waals surface area contributed by atoms with Gasteiger partial charge in [0.25, 0.3) is 5.56 Å².